The van der Waals surface area contributed by atoms with Gasteiger partial charge < -0.3 is 9.80 Å². The largest absolute Gasteiger partial charge is 0.342 e. The lowest BCUT2D eigenvalue weighted by molar-refractivity contribution is -0.138. The third kappa shape index (κ3) is 4.88. The fourth-order valence-electron chi connectivity index (χ4n) is 4.61. The molecule has 0 spiro atoms. The van der Waals surface area contributed by atoms with Crippen LogP contribution >= 0.6 is 11.6 Å². The maximum absolute atomic E-state index is 13.3. The summed E-state index contributed by atoms with van der Waals surface area (Å²) in [5, 5.41) is 0.558. The van der Waals surface area contributed by atoms with Crippen LogP contribution in [0.3, 0.4) is 0 Å². The summed E-state index contributed by atoms with van der Waals surface area (Å²) < 4.78 is 0. The van der Waals surface area contributed by atoms with Gasteiger partial charge in [-0.1, -0.05) is 36.7 Å². The van der Waals surface area contributed by atoms with Gasteiger partial charge in [0.25, 0.3) is 5.91 Å². The second-order valence-electron chi connectivity index (χ2n) is 8.96. The minimum atomic E-state index is -0.199. The Morgan fingerprint density at radius 1 is 0.781 bits per heavy atom. The number of likely N-dealkylation sites (tertiary alicyclic amines) is 2. The van der Waals surface area contributed by atoms with Crippen LogP contribution in [0, 0.1) is 11.8 Å². The van der Waals surface area contributed by atoms with Crippen LogP contribution in [0.25, 0.3) is 0 Å². The van der Waals surface area contributed by atoms with Crippen molar-refractivity contribution in [1.82, 2.24) is 9.80 Å². The van der Waals surface area contributed by atoms with Gasteiger partial charge in [-0.05, 0) is 61.9 Å². The number of amides is 2. The van der Waals surface area contributed by atoms with Gasteiger partial charge in [-0.3, -0.25) is 14.4 Å². The van der Waals surface area contributed by atoms with Crippen LogP contribution in [0.4, 0.5) is 0 Å². The van der Waals surface area contributed by atoms with Gasteiger partial charge in [-0.15, -0.1) is 0 Å². The molecule has 5 nitrogen and oxygen atoms in total. The molecule has 0 bridgehead atoms. The highest BCUT2D eigenvalue weighted by Crippen LogP contribution is 2.25. The van der Waals surface area contributed by atoms with Crippen molar-refractivity contribution in [1.29, 1.82) is 0 Å². The number of hydrogen-bond acceptors (Lipinski definition) is 3. The van der Waals surface area contributed by atoms with E-state index in [4.69, 9.17) is 11.6 Å². The van der Waals surface area contributed by atoms with Gasteiger partial charge in [0.05, 0.1) is 5.56 Å². The topological polar surface area (TPSA) is 57.7 Å². The van der Waals surface area contributed by atoms with Crippen molar-refractivity contribution >= 4 is 29.2 Å². The minimum Gasteiger partial charge on any atom is -0.342 e. The first-order chi connectivity index (χ1) is 15.4. The van der Waals surface area contributed by atoms with E-state index in [2.05, 4.69) is 6.92 Å². The van der Waals surface area contributed by atoms with Gasteiger partial charge in [0.15, 0.2) is 5.78 Å². The summed E-state index contributed by atoms with van der Waals surface area (Å²) in [7, 11) is 0. The summed E-state index contributed by atoms with van der Waals surface area (Å²) in [6.07, 6.45) is 3.48. The van der Waals surface area contributed by atoms with Crippen LogP contribution in [0.2, 0.25) is 5.02 Å². The van der Waals surface area contributed by atoms with E-state index in [0.29, 0.717) is 53.6 Å². The first-order valence-electron chi connectivity index (χ1n) is 11.4. The van der Waals surface area contributed by atoms with E-state index in [1.54, 1.807) is 53.4 Å². The Morgan fingerprint density at radius 3 is 1.97 bits per heavy atom. The van der Waals surface area contributed by atoms with Crippen molar-refractivity contribution in [2.75, 3.05) is 26.2 Å². The maximum atomic E-state index is 13.3. The highest BCUT2D eigenvalue weighted by molar-refractivity contribution is 6.30. The number of ketones is 1. The van der Waals surface area contributed by atoms with E-state index in [0.717, 1.165) is 25.9 Å². The van der Waals surface area contributed by atoms with Gasteiger partial charge in [-0.2, -0.15) is 0 Å². The lowest BCUT2D eigenvalue weighted by atomic mass is 9.92. The number of piperidine rings is 2. The van der Waals surface area contributed by atoms with E-state index in [-0.39, 0.29) is 23.5 Å². The van der Waals surface area contributed by atoms with Crippen LogP contribution in [-0.2, 0) is 4.79 Å². The summed E-state index contributed by atoms with van der Waals surface area (Å²) in [5.41, 5.74) is 1.29. The number of benzene rings is 2. The van der Waals surface area contributed by atoms with Gasteiger partial charge in [-0.25, -0.2) is 0 Å². The fourth-order valence-corrected chi connectivity index (χ4v) is 4.74. The molecule has 0 aromatic heterocycles. The van der Waals surface area contributed by atoms with Crippen molar-refractivity contribution in [2.45, 2.75) is 32.6 Å². The first-order valence-corrected chi connectivity index (χ1v) is 11.8. The normalized spacial score (nSPS) is 17.9. The first kappa shape index (κ1) is 22.5. The zero-order valence-corrected chi connectivity index (χ0v) is 19.2. The predicted molar refractivity (Wildman–Crippen MR) is 125 cm³/mol. The van der Waals surface area contributed by atoms with Gasteiger partial charge in [0, 0.05) is 48.2 Å². The Kier molecular flexibility index (Phi) is 6.95. The third-order valence-electron chi connectivity index (χ3n) is 6.74. The molecule has 2 amide bonds. The lowest BCUT2D eigenvalue weighted by Crippen LogP contribution is -2.46. The van der Waals surface area contributed by atoms with Gasteiger partial charge in [0.2, 0.25) is 5.91 Å². The zero-order chi connectivity index (χ0) is 22.7. The molecule has 2 fully saturated rings. The Balaban J connectivity index is 1.42. The molecule has 0 saturated carbocycles. The Hall–Kier alpha value is -2.66. The maximum Gasteiger partial charge on any atom is 0.254 e. The second-order valence-corrected chi connectivity index (χ2v) is 9.39. The number of rotatable bonds is 4. The highest BCUT2D eigenvalue weighted by atomic mass is 35.5. The van der Waals surface area contributed by atoms with Crippen LogP contribution in [0.5, 0.6) is 0 Å². The molecule has 2 heterocycles. The van der Waals surface area contributed by atoms with Crippen molar-refractivity contribution in [2.24, 2.45) is 11.8 Å². The summed E-state index contributed by atoms with van der Waals surface area (Å²) >= 11 is 5.94. The van der Waals surface area contributed by atoms with Crippen molar-refractivity contribution in [3.8, 4) is 0 Å². The molecular formula is C26H29ClN2O3. The average molecular weight is 453 g/mol. The molecule has 6 heteroatoms. The molecule has 0 aliphatic carbocycles. The molecule has 168 valence electrons. The van der Waals surface area contributed by atoms with E-state index < -0.39 is 0 Å². The summed E-state index contributed by atoms with van der Waals surface area (Å²) in [6.45, 7) is 4.99. The SMILES string of the molecule is CC1CCN(C(=O)C2CCN(C(=O)c3ccccc3C(=O)c3ccc(Cl)cc3)CC2)CC1. The minimum absolute atomic E-state index is 0.0154. The Morgan fingerprint density at radius 2 is 1.34 bits per heavy atom. The zero-order valence-electron chi connectivity index (χ0n) is 18.4. The van der Waals surface area contributed by atoms with E-state index in [1.165, 1.54) is 0 Å². The molecule has 2 aliphatic rings. The van der Waals surface area contributed by atoms with E-state index in [9.17, 15) is 14.4 Å². The Bertz CT molecular complexity index is 988. The standard InChI is InChI=1S/C26H29ClN2O3/c1-18-10-14-28(15-11-18)25(31)20-12-16-29(17-13-20)26(32)23-5-3-2-4-22(23)24(30)19-6-8-21(27)9-7-19/h2-9,18,20H,10-17H2,1H3. The quantitative estimate of drug-likeness (QED) is 0.633. The van der Waals surface area contributed by atoms with Gasteiger partial charge >= 0.3 is 0 Å². The van der Waals surface area contributed by atoms with Crippen LogP contribution < -0.4 is 0 Å². The molecule has 4 rings (SSSR count). The molecule has 2 aliphatic heterocycles. The second kappa shape index (κ2) is 9.86. The van der Waals surface area contributed by atoms with Crippen LogP contribution in [-0.4, -0.2) is 53.6 Å². The smallest absolute Gasteiger partial charge is 0.254 e. The van der Waals surface area contributed by atoms with E-state index in [1.807, 2.05) is 4.90 Å². The monoisotopic (exact) mass is 452 g/mol. The number of halogens is 1. The molecule has 32 heavy (non-hydrogen) atoms. The molecule has 0 radical (unpaired) electrons. The molecule has 2 saturated heterocycles. The molecule has 0 N–H and O–H groups in total. The van der Waals surface area contributed by atoms with E-state index >= 15 is 0 Å². The van der Waals surface area contributed by atoms with Crippen LogP contribution in [0.15, 0.2) is 48.5 Å². The predicted octanol–water partition coefficient (Wildman–Crippen LogP) is 4.68. The molecule has 0 atom stereocenters. The van der Waals surface area contributed by atoms with Gasteiger partial charge in [0.1, 0.15) is 0 Å². The third-order valence-corrected chi connectivity index (χ3v) is 6.99. The van der Waals surface area contributed by atoms with Crippen molar-refractivity contribution < 1.29 is 14.4 Å². The summed E-state index contributed by atoms with van der Waals surface area (Å²) in [5.74, 6) is 0.561. The number of nitrogens with zero attached hydrogens (tertiary/aromatic N) is 2. The lowest BCUT2D eigenvalue weighted by Gasteiger charge is -2.37. The number of hydrogen-bond donors (Lipinski definition) is 0. The molecule has 0 unspecified atom stereocenters. The fraction of sp³-hybridized carbons (Fsp3) is 0.423. The highest BCUT2D eigenvalue weighted by Gasteiger charge is 2.32. The van der Waals surface area contributed by atoms with Crippen LogP contribution in [0.1, 0.15) is 58.9 Å². The number of carbonyl (C=O) groups excluding carboxylic acids is 3. The van der Waals surface area contributed by atoms with Crippen molar-refractivity contribution in [3.05, 3.63) is 70.2 Å². The summed E-state index contributed by atoms with van der Waals surface area (Å²) in [4.78, 5) is 43.0. The molecule has 2 aromatic carbocycles. The molecule has 2 aromatic rings. The average Bonchev–Trinajstić information content (AvgIpc) is 2.84. The number of carbonyl (C=O) groups is 3. The Labute approximate surface area is 194 Å². The summed E-state index contributed by atoms with van der Waals surface area (Å²) in [6, 6.07) is 13.6. The molecular weight excluding hydrogens is 424 g/mol. The van der Waals surface area contributed by atoms with Crippen molar-refractivity contribution in [3.63, 3.8) is 0 Å².